The first-order valence-corrected chi connectivity index (χ1v) is 9.76. The van der Waals surface area contributed by atoms with Crippen molar-refractivity contribution in [1.82, 2.24) is 14.3 Å². The molecule has 2 N–H and O–H groups in total. The van der Waals surface area contributed by atoms with Gasteiger partial charge in [-0.15, -0.1) is 0 Å². The van der Waals surface area contributed by atoms with Gasteiger partial charge < -0.3 is 19.5 Å². The summed E-state index contributed by atoms with van der Waals surface area (Å²) >= 11 is 5.97. The average Bonchev–Trinajstić information content (AvgIpc) is 3.11. The number of carbonyl (C=O) groups excluding carboxylic acids is 1. The van der Waals surface area contributed by atoms with E-state index in [2.05, 4.69) is 4.98 Å². The van der Waals surface area contributed by atoms with Crippen molar-refractivity contribution in [2.75, 3.05) is 19.7 Å². The van der Waals surface area contributed by atoms with Crippen molar-refractivity contribution in [3.8, 4) is 11.3 Å². The number of fused-ring (bicyclic) bond motifs is 1. The van der Waals surface area contributed by atoms with Gasteiger partial charge in [0.25, 0.3) is 5.91 Å². The Morgan fingerprint density at radius 2 is 1.82 bits per heavy atom. The third-order valence-electron chi connectivity index (χ3n) is 5.39. The molecule has 1 aliphatic heterocycles. The SMILES string of the molecule is O=C(c1ccc2nc(-c3ccc(Cl)cc3)c(CO)n2c1)N1CCC(CO)CC1. The third-order valence-corrected chi connectivity index (χ3v) is 5.64. The molecule has 0 atom stereocenters. The molecule has 0 saturated carbocycles. The van der Waals surface area contributed by atoms with E-state index in [0.717, 1.165) is 18.4 Å². The highest BCUT2D eigenvalue weighted by Crippen LogP contribution is 2.27. The Kier molecular flexibility index (Phi) is 5.35. The quantitative estimate of drug-likeness (QED) is 0.707. The molecule has 1 aliphatic rings. The molecule has 3 heterocycles. The summed E-state index contributed by atoms with van der Waals surface area (Å²) in [4.78, 5) is 19.4. The lowest BCUT2D eigenvalue weighted by molar-refractivity contribution is 0.0650. The Morgan fingerprint density at radius 3 is 2.46 bits per heavy atom. The second-order valence-corrected chi connectivity index (χ2v) is 7.57. The van der Waals surface area contributed by atoms with Gasteiger partial charge in [0.1, 0.15) is 5.65 Å². The van der Waals surface area contributed by atoms with Crippen molar-refractivity contribution in [3.63, 3.8) is 0 Å². The minimum atomic E-state index is -0.196. The first kappa shape index (κ1) is 18.9. The number of halogens is 1. The predicted octanol–water partition coefficient (Wildman–Crippen LogP) is 2.99. The largest absolute Gasteiger partial charge is 0.396 e. The van der Waals surface area contributed by atoms with E-state index in [0.29, 0.717) is 40.7 Å². The van der Waals surface area contributed by atoms with Crippen molar-refractivity contribution in [2.24, 2.45) is 5.92 Å². The van der Waals surface area contributed by atoms with Crippen LogP contribution in [0.1, 0.15) is 28.9 Å². The van der Waals surface area contributed by atoms with Crippen molar-refractivity contribution >= 4 is 23.2 Å². The van der Waals surface area contributed by atoms with Crippen LogP contribution < -0.4 is 0 Å². The van der Waals surface area contributed by atoms with Gasteiger partial charge >= 0.3 is 0 Å². The zero-order valence-corrected chi connectivity index (χ0v) is 16.1. The van der Waals surface area contributed by atoms with E-state index in [1.54, 1.807) is 34.9 Å². The number of benzene rings is 1. The van der Waals surface area contributed by atoms with Crippen LogP contribution in [0.2, 0.25) is 5.02 Å². The number of aliphatic hydroxyl groups is 2. The van der Waals surface area contributed by atoms with Gasteiger partial charge in [0.15, 0.2) is 0 Å². The number of hydrogen-bond acceptors (Lipinski definition) is 4. The fourth-order valence-electron chi connectivity index (χ4n) is 3.71. The molecule has 1 amide bonds. The van der Waals surface area contributed by atoms with Gasteiger partial charge in [-0.3, -0.25) is 4.79 Å². The third kappa shape index (κ3) is 3.51. The Hall–Kier alpha value is -2.41. The smallest absolute Gasteiger partial charge is 0.255 e. The molecule has 3 aromatic rings. The highest BCUT2D eigenvalue weighted by molar-refractivity contribution is 6.30. The van der Waals surface area contributed by atoms with Crippen LogP contribution in [-0.4, -0.2) is 50.1 Å². The average molecular weight is 400 g/mol. The molecule has 4 rings (SSSR count). The number of aliphatic hydroxyl groups excluding tert-OH is 2. The molecule has 6 nitrogen and oxygen atoms in total. The molecule has 7 heteroatoms. The molecule has 0 radical (unpaired) electrons. The zero-order chi connectivity index (χ0) is 19.7. The zero-order valence-electron chi connectivity index (χ0n) is 15.4. The lowest BCUT2D eigenvalue weighted by atomic mass is 9.97. The maximum Gasteiger partial charge on any atom is 0.255 e. The highest BCUT2D eigenvalue weighted by atomic mass is 35.5. The van der Waals surface area contributed by atoms with E-state index >= 15 is 0 Å². The summed E-state index contributed by atoms with van der Waals surface area (Å²) in [6.45, 7) is 1.28. The molecule has 1 saturated heterocycles. The molecular weight excluding hydrogens is 378 g/mol. The van der Waals surface area contributed by atoms with Gasteiger partial charge in [0, 0.05) is 36.5 Å². The molecule has 1 aromatic carbocycles. The van der Waals surface area contributed by atoms with Gasteiger partial charge in [-0.05, 0) is 43.0 Å². The van der Waals surface area contributed by atoms with Crippen LogP contribution in [0.25, 0.3) is 16.9 Å². The van der Waals surface area contributed by atoms with Crippen LogP contribution in [0.15, 0.2) is 42.6 Å². The predicted molar refractivity (Wildman–Crippen MR) is 107 cm³/mol. The molecular formula is C21H22ClN3O3. The lowest BCUT2D eigenvalue weighted by Gasteiger charge is -2.31. The summed E-state index contributed by atoms with van der Waals surface area (Å²) in [7, 11) is 0. The molecule has 1 fully saturated rings. The normalized spacial score (nSPS) is 15.3. The number of likely N-dealkylation sites (tertiary alicyclic amines) is 1. The minimum absolute atomic E-state index is 0.0380. The fraction of sp³-hybridized carbons (Fsp3) is 0.333. The number of carbonyl (C=O) groups is 1. The van der Waals surface area contributed by atoms with Crippen LogP contribution >= 0.6 is 11.6 Å². The second-order valence-electron chi connectivity index (χ2n) is 7.14. The Bertz CT molecular complexity index is 992. The maximum absolute atomic E-state index is 12.9. The number of rotatable bonds is 4. The molecule has 0 unspecified atom stereocenters. The topological polar surface area (TPSA) is 78.1 Å². The fourth-order valence-corrected chi connectivity index (χ4v) is 3.84. The molecule has 0 aliphatic carbocycles. The summed E-state index contributed by atoms with van der Waals surface area (Å²) in [6.07, 6.45) is 3.38. The van der Waals surface area contributed by atoms with Gasteiger partial charge in [-0.1, -0.05) is 23.7 Å². The van der Waals surface area contributed by atoms with Crippen molar-refractivity contribution in [3.05, 3.63) is 58.9 Å². The second kappa shape index (κ2) is 7.91. The summed E-state index contributed by atoms with van der Waals surface area (Å²) < 4.78 is 1.78. The van der Waals surface area contributed by atoms with E-state index in [1.807, 2.05) is 17.0 Å². The molecule has 0 spiro atoms. The summed E-state index contributed by atoms with van der Waals surface area (Å²) in [6, 6.07) is 10.9. The standard InChI is InChI=1S/C21H22ClN3O3/c22-17-4-1-15(2-5-17)20-18(13-27)25-11-16(3-6-19(25)23-20)21(28)24-9-7-14(12-26)8-10-24/h1-6,11,14,26-27H,7-10,12-13H2. The highest BCUT2D eigenvalue weighted by Gasteiger charge is 2.24. The molecule has 146 valence electrons. The van der Waals surface area contributed by atoms with E-state index < -0.39 is 0 Å². The molecule has 28 heavy (non-hydrogen) atoms. The van der Waals surface area contributed by atoms with E-state index in [4.69, 9.17) is 11.6 Å². The monoisotopic (exact) mass is 399 g/mol. The van der Waals surface area contributed by atoms with Crippen LogP contribution in [0.5, 0.6) is 0 Å². The first-order valence-electron chi connectivity index (χ1n) is 9.38. The first-order chi connectivity index (χ1) is 13.6. The summed E-state index contributed by atoms with van der Waals surface area (Å²) in [5.41, 5.74) is 3.39. The Labute approximate surface area is 168 Å². The lowest BCUT2D eigenvalue weighted by Crippen LogP contribution is -2.39. The van der Waals surface area contributed by atoms with Crippen molar-refractivity contribution in [1.29, 1.82) is 0 Å². The summed E-state index contributed by atoms with van der Waals surface area (Å²) in [5.74, 6) is 0.243. The van der Waals surface area contributed by atoms with Crippen LogP contribution in [0.3, 0.4) is 0 Å². The van der Waals surface area contributed by atoms with Crippen LogP contribution in [0, 0.1) is 5.92 Å². The number of piperidine rings is 1. The van der Waals surface area contributed by atoms with Crippen molar-refractivity contribution < 1.29 is 15.0 Å². The Morgan fingerprint density at radius 1 is 1.11 bits per heavy atom. The van der Waals surface area contributed by atoms with Gasteiger partial charge in [-0.25, -0.2) is 4.98 Å². The number of pyridine rings is 1. The number of hydrogen-bond donors (Lipinski definition) is 2. The van der Waals surface area contributed by atoms with Crippen molar-refractivity contribution in [2.45, 2.75) is 19.4 Å². The van der Waals surface area contributed by atoms with Crippen LogP contribution in [-0.2, 0) is 6.61 Å². The van der Waals surface area contributed by atoms with Gasteiger partial charge in [-0.2, -0.15) is 0 Å². The Balaban J connectivity index is 1.67. The number of nitrogens with zero attached hydrogens (tertiary/aromatic N) is 3. The molecule has 2 aromatic heterocycles. The number of aromatic nitrogens is 2. The van der Waals surface area contributed by atoms with Gasteiger partial charge in [0.2, 0.25) is 0 Å². The van der Waals surface area contributed by atoms with Crippen LogP contribution in [0.4, 0.5) is 0 Å². The summed E-state index contributed by atoms with van der Waals surface area (Å²) in [5, 5.41) is 19.9. The van der Waals surface area contributed by atoms with E-state index in [9.17, 15) is 15.0 Å². The van der Waals surface area contributed by atoms with E-state index in [-0.39, 0.29) is 25.0 Å². The van der Waals surface area contributed by atoms with Gasteiger partial charge in [0.05, 0.1) is 23.6 Å². The van der Waals surface area contributed by atoms with E-state index in [1.165, 1.54) is 0 Å². The number of amides is 1. The molecule has 0 bridgehead atoms. The minimum Gasteiger partial charge on any atom is -0.396 e. The maximum atomic E-state index is 12.9. The number of imidazole rings is 1.